The molecule has 6 heteroatoms. The van der Waals surface area contributed by atoms with E-state index in [0.29, 0.717) is 23.5 Å². The number of rotatable bonds is 7. The topological polar surface area (TPSA) is 68.0 Å². The summed E-state index contributed by atoms with van der Waals surface area (Å²) in [6, 6.07) is 8.54. The minimum atomic E-state index is -0.129. The van der Waals surface area contributed by atoms with E-state index in [0.717, 1.165) is 24.8 Å². The quantitative estimate of drug-likeness (QED) is 0.780. The molecule has 2 aromatic rings. The monoisotopic (exact) mass is 373 g/mol. The molecule has 1 unspecified atom stereocenters. The Balaban J connectivity index is 1.49. The molecule has 26 heavy (non-hydrogen) atoms. The van der Waals surface area contributed by atoms with E-state index in [1.807, 2.05) is 19.1 Å². The smallest absolute Gasteiger partial charge is 0.236 e. The predicted octanol–water partition coefficient (Wildman–Crippen LogP) is 4.37. The van der Waals surface area contributed by atoms with Crippen LogP contribution in [0, 0.1) is 0 Å². The van der Waals surface area contributed by atoms with Crippen LogP contribution in [-0.2, 0) is 17.0 Å². The molecule has 1 aliphatic carbocycles. The fourth-order valence-corrected chi connectivity index (χ4v) is 3.89. The molecule has 1 amide bonds. The van der Waals surface area contributed by atoms with Crippen molar-refractivity contribution in [3.8, 4) is 11.4 Å². The third-order valence-corrected chi connectivity index (χ3v) is 5.99. The highest BCUT2D eigenvalue weighted by molar-refractivity contribution is 7.99. The van der Waals surface area contributed by atoms with Crippen molar-refractivity contribution in [3.05, 3.63) is 35.7 Å². The lowest BCUT2D eigenvalue weighted by Gasteiger charge is -2.24. The maximum Gasteiger partial charge on any atom is 0.236 e. The van der Waals surface area contributed by atoms with Gasteiger partial charge in [-0.1, -0.05) is 55.6 Å². The second kappa shape index (κ2) is 9.21. The number of thioether (sulfide) groups is 1. The summed E-state index contributed by atoms with van der Waals surface area (Å²) in [6.07, 6.45) is 6.94. The summed E-state index contributed by atoms with van der Waals surface area (Å²) in [7, 11) is 0. The number of hydrogen-bond donors (Lipinski definition) is 1. The average Bonchev–Trinajstić information content (AvgIpc) is 3.16. The molecule has 1 aliphatic rings. The Labute approximate surface area is 159 Å². The van der Waals surface area contributed by atoms with E-state index in [2.05, 4.69) is 34.5 Å². The van der Waals surface area contributed by atoms with Crippen LogP contribution in [0.15, 0.2) is 28.8 Å². The fourth-order valence-electron chi connectivity index (χ4n) is 3.16. The Morgan fingerprint density at radius 2 is 2.00 bits per heavy atom. The molecule has 1 heterocycles. The number of carbonyl (C=O) groups excluding carboxylic acids is 1. The Kier molecular flexibility index (Phi) is 6.72. The summed E-state index contributed by atoms with van der Waals surface area (Å²) in [6.45, 7) is 4.06. The van der Waals surface area contributed by atoms with Crippen molar-refractivity contribution < 1.29 is 9.32 Å². The lowest BCUT2D eigenvalue weighted by Crippen LogP contribution is -2.40. The standard InChI is InChI=1S/C20H27N3O2S/c1-3-15-9-11-16(12-10-15)19-22-18(25-23-19)13-26-14(2)20(24)21-17-7-5-4-6-8-17/h9-12,14,17H,3-8,13H2,1-2H3,(H,21,24). The summed E-state index contributed by atoms with van der Waals surface area (Å²) in [5, 5.41) is 7.10. The molecule has 140 valence electrons. The molecule has 1 aromatic carbocycles. The maximum absolute atomic E-state index is 12.3. The molecule has 1 aromatic heterocycles. The highest BCUT2D eigenvalue weighted by Crippen LogP contribution is 2.22. The van der Waals surface area contributed by atoms with Crippen LogP contribution in [0.25, 0.3) is 11.4 Å². The Bertz CT molecular complexity index is 708. The van der Waals surface area contributed by atoms with Crippen molar-refractivity contribution in [2.45, 2.75) is 69.4 Å². The van der Waals surface area contributed by atoms with E-state index in [9.17, 15) is 4.79 Å². The van der Waals surface area contributed by atoms with Crippen LogP contribution in [0.2, 0.25) is 0 Å². The zero-order chi connectivity index (χ0) is 18.4. The molecule has 0 spiro atoms. The van der Waals surface area contributed by atoms with E-state index < -0.39 is 0 Å². The summed E-state index contributed by atoms with van der Waals surface area (Å²) < 4.78 is 5.34. The molecular formula is C20H27N3O2S. The zero-order valence-electron chi connectivity index (χ0n) is 15.5. The second-order valence-corrected chi connectivity index (χ2v) is 8.19. The van der Waals surface area contributed by atoms with Gasteiger partial charge in [0.1, 0.15) is 0 Å². The molecule has 0 bridgehead atoms. The average molecular weight is 374 g/mol. The number of aromatic nitrogens is 2. The first-order valence-electron chi connectivity index (χ1n) is 9.49. The van der Waals surface area contributed by atoms with Crippen LogP contribution in [0.4, 0.5) is 0 Å². The summed E-state index contributed by atoms with van der Waals surface area (Å²) >= 11 is 1.53. The lowest BCUT2D eigenvalue weighted by atomic mass is 9.95. The van der Waals surface area contributed by atoms with E-state index in [1.54, 1.807) is 0 Å². The highest BCUT2D eigenvalue weighted by atomic mass is 32.2. The van der Waals surface area contributed by atoms with Gasteiger partial charge in [0.2, 0.25) is 17.6 Å². The van der Waals surface area contributed by atoms with Gasteiger partial charge in [-0.05, 0) is 31.7 Å². The third-order valence-electron chi connectivity index (χ3n) is 4.87. The minimum Gasteiger partial charge on any atom is -0.352 e. The molecule has 0 aliphatic heterocycles. The summed E-state index contributed by atoms with van der Waals surface area (Å²) in [4.78, 5) is 16.8. The van der Waals surface area contributed by atoms with Crippen LogP contribution in [0.5, 0.6) is 0 Å². The van der Waals surface area contributed by atoms with Crippen molar-refractivity contribution in [2.24, 2.45) is 0 Å². The number of amides is 1. The van der Waals surface area contributed by atoms with E-state index in [-0.39, 0.29) is 11.2 Å². The molecular weight excluding hydrogens is 346 g/mol. The lowest BCUT2D eigenvalue weighted by molar-refractivity contribution is -0.121. The zero-order valence-corrected chi connectivity index (χ0v) is 16.3. The van der Waals surface area contributed by atoms with Crippen LogP contribution in [-0.4, -0.2) is 27.3 Å². The van der Waals surface area contributed by atoms with Gasteiger partial charge in [0.05, 0.1) is 11.0 Å². The van der Waals surface area contributed by atoms with Gasteiger partial charge in [0, 0.05) is 11.6 Å². The largest absolute Gasteiger partial charge is 0.352 e. The van der Waals surface area contributed by atoms with Gasteiger partial charge in [-0.2, -0.15) is 4.98 Å². The van der Waals surface area contributed by atoms with E-state index >= 15 is 0 Å². The fraction of sp³-hybridized carbons (Fsp3) is 0.550. The van der Waals surface area contributed by atoms with Crippen LogP contribution < -0.4 is 5.32 Å². The van der Waals surface area contributed by atoms with Crippen molar-refractivity contribution in [3.63, 3.8) is 0 Å². The van der Waals surface area contributed by atoms with Crippen molar-refractivity contribution >= 4 is 17.7 Å². The summed E-state index contributed by atoms with van der Waals surface area (Å²) in [5.74, 6) is 1.81. The first-order valence-corrected chi connectivity index (χ1v) is 10.5. The Hall–Kier alpha value is -1.82. The van der Waals surface area contributed by atoms with Crippen molar-refractivity contribution in [1.29, 1.82) is 0 Å². The van der Waals surface area contributed by atoms with Crippen molar-refractivity contribution in [1.82, 2.24) is 15.5 Å². The summed E-state index contributed by atoms with van der Waals surface area (Å²) in [5.41, 5.74) is 2.23. The van der Waals surface area contributed by atoms with Gasteiger partial charge >= 0.3 is 0 Å². The molecule has 0 radical (unpaired) electrons. The molecule has 5 nitrogen and oxygen atoms in total. The Morgan fingerprint density at radius 1 is 1.27 bits per heavy atom. The molecule has 1 saturated carbocycles. The van der Waals surface area contributed by atoms with Gasteiger partial charge in [0.25, 0.3) is 0 Å². The third kappa shape index (κ3) is 5.10. The van der Waals surface area contributed by atoms with E-state index in [4.69, 9.17) is 4.52 Å². The molecule has 1 atom stereocenters. The number of benzene rings is 1. The van der Waals surface area contributed by atoms with Crippen LogP contribution >= 0.6 is 11.8 Å². The number of nitrogens with one attached hydrogen (secondary N) is 1. The first-order chi connectivity index (χ1) is 12.7. The normalized spacial score (nSPS) is 16.4. The second-order valence-electron chi connectivity index (χ2n) is 6.86. The SMILES string of the molecule is CCc1ccc(-c2noc(CSC(C)C(=O)NC3CCCCC3)n2)cc1. The molecule has 1 N–H and O–H groups in total. The minimum absolute atomic E-state index is 0.108. The van der Waals surface area contributed by atoms with E-state index in [1.165, 1.54) is 36.6 Å². The van der Waals surface area contributed by atoms with Crippen molar-refractivity contribution in [2.75, 3.05) is 0 Å². The van der Waals surface area contributed by atoms with Gasteiger partial charge in [-0.15, -0.1) is 11.8 Å². The van der Waals surface area contributed by atoms with Gasteiger partial charge < -0.3 is 9.84 Å². The number of carbonyl (C=O) groups is 1. The van der Waals surface area contributed by atoms with Gasteiger partial charge in [-0.25, -0.2) is 0 Å². The molecule has 3 rings (SSSR count). The molecule has 1 fully saturated rings. The highest BCUT2D eigenvalue weighted by Gasteiger charge is 2.20. The molecule has 0 saturated heterocycles. The number of hydrogen-bond acceptors (Lipinski definition) is 5. The number of aryl methyl sites for hydroxylation is 1. The van der Waals surface area contributed by atoms with Crippen LogP contribution in [0.1, 0.15) is 57.4 Å². The first kappa shape index (κ1) is 19.0. The maximum atomic E-state index is 12.3. The number of nitrogens with zero attached hydrogens (tertiary/aromatic N) is 2. The van der Waals surface area contributed by atoms with Crippen LogP contribution in [0.3, 0.4) is 0 Å². The van der Waals surface area contributed by atoms with Gasteiger partial charge in [0.15, 0.2) is 0 Å². The predicted molar refractivity (Wildman–Crippen MR) is 105 cm³/mol. The Morgan fingerprint density at radius 3 is 2.69 bits per heavy atom. The van der Waals surface area contributed by atoms with Gasteiger partial charge in [-0.3, -0.25) is 4.79 Å².